The lowest BCUT2D eigenvalue weighted by atomic mass is 9.92. The van der Waals surface area contributed by atoms with E-state index in [1.54, 1.807) is 12.1 Å². The number of hydrogen-bond acceptors (Lipinski definition) is 4. The van der Waals surface area contributed by atoms with Crippen molar-refractivity contribution < 1.29 is 12.8 Å². The molecule has 1 aromatic rings. The van der Waals surface area contributed by atoms with Gasteiger partial charge in [-0.1, -0.05) is 13.8 Å². The summed E-state index contributed by atoms with van der Waals surface area (Å²) in [5, 5.41) is 0.0237. The Labute approximate surface area is 121 Å². The molecule has 2 atom stereocenters. The lowest BCUT2D eigenvalue weighted by molar-refractivity contribution is 0.124. The Morgan fingerprint density at radius 3 is 2.40 bits per heavy atom. The molecule has 0 aliphatic carbocycles. The van der Waals surface area contributed by atoms with Gasteiger partial charge in [0.25, 0.3) is 10.0 Å². The molecule has 1 fully saturated rings. The Bertz CT molecular complexity index is 541. The van der Waals surface area contributed by atoms with E-state index >= 15 is 0 Å². The number of piperidine rings is 1. The molecule has 2 heterocycles. The molecule has 0 spiro atoms. The minimum atomic E-state index is -3.47. The average Bonchev–Trinajstić information content (AvgIpc) is 2.76. The van der Waals surface area contributed by atoms with Crippen molar-refractivity contribution in [2.45, 2.75) is 31.9 Å². The predicted octanol–water partition coefficient (Wildman–Crippen LogP) is 2.01. The van der Waals surface area contributed by atoms with Gasteiger partial charge < -0.3 is 4.42 Å². The molecule has 1 saturated heterocycles. The summed E-state index contributed by atoms with van der Waals surface area (Å²) in [7, 11) is -0.459. The second-order valence-corrected chi connectivity index (χ2v) is 8.23. The molecular formula is C14H24N2O3S. The molecule has 1 aliphatic heterocycles. The van der Waals surface area contributed by atoms with Gasteiger partial charge in [-0.3, -0.25) is 4.90 Å². The van der Waals surface area contributed by atoms with Crippen LogP contribution in [0.2, 0.25) is 0 Å². The van der Waals surface area contributed by atoms with E-state index in [1.807, 2.05) is 0 Å². The highest BCUT2D eigenvalue weighted by molar-refractivity contribution is 7.88. The monoisotopic (exact) mass is 300 g/mol. The normalized spacial score (nSPS) is 25.2. The standard InChI is InChI=1S/C14H24N2O3S/c1-11-7-12(2)9-16(8-11)10-13-5-6-14(19-13)20(17,18)15(3)4/h5-6,11-12H,7-10H2,1-4H3/t11-,12-/m1/s1. The van der Waals surface area contributed by atoms with Crippen LogP contribution in [0.5, 0.6) is 0 Å². The van der Waals surface area contributed by atoms with Crippen molar-refractivity contribution in [1.29, 1.82) is 0 Å². The topological polar surface area (TPSA) is 53.8 Å². The van der Waals surface area contributed by atoms with Crippen LogP contribution in [0.4, 0.5) is 0 Å². The number of likely N-dealkylation sites (tertiary alicyclic amines) is 1. The molecule has 0 amide bonds. The summed E-state index contributed by atoms with van der Waals surface area (Å²) in [5.74, 6) is 2.07. The highest BCUT2D eigenvalue weighted by Crippen LogP contribution is 2.24. The van der Waals surface area contributed by atoms with Crippen molar-refractivity contribution in [1.82, 2.24) is 9.21 Å². The van der Waals surface area contributed by atoms with Crippen molar-refractivity contribution in [3.63, 3.8) is 0 Å². The Morgan fingerprint density at radius 1 is 1.25 bits per heavy atom. The van der Waals surface area contributed by atoms with Crippen LogP contribution in [-0.2, 0) is 16.6 Å². The van der Waals surface area contributed by atoms with E-state index in [2.05, 4.69) is 18.7 Å². The van der Waals surface area contributed by atoms with Crippen LogP contribution < -0.4 is 0 Å². The lowest BCUT2D eigenvalue weighted by Gasteiger charge is -2.34. The fraction of sp³-hybridized carbons (Fsp3) is 0.714. The maximum absolute atomic E-state index is 12.0. The molecule has 5 nitrogen and oxygen atoms in total. The molecule has 0 radical (unpaired) electrons. The highest BCUT2D eigenvalue weighted by atomic mass is 32.2. The summed E-state index contributed by atoms with van der Waals surface area (Å²) >= 11 is 0. The summed E-state index contributed by atoms with van der Waals surface area (Å²) in [6, 6.07) is 3.31. The first-order valence-electron chi connectivity index (χ1n) is 7.02. The van der Waals surface area contributed by atoms with Crippen LogP contribution in [0, 0.1) is 11.8 Å². The van der Waals surface area contributed by atoms with Crippen molar-refractivity contribution in [3.05, 3.63) is 17.9 Å². The minimum absolute atomic E-state index is 0.0237. The zero-order valence-electron chi connectivity index (χ0n) is 12.7. The Morgan fingerprint density at radius 2 is 1.85 bits per heavy atom. The summed E-state index contributed by atoms with van der Waals surface area (Å²) in [6.45, 7) is 7.28. The van der Waals surface area contributed by atoms with Gasteiger partial charge in [-0.2, -0.15) is 0 Å². The smallest absolute Gasteiger partial charge is 0.275 e. The first-order chi connectivity index (χ1) is 9.29. The van der Waals surface area contributed by atoms with Gasteiger partial charge in [0.05, 0.1) is 6.54 Å². The lowest BCUT2D eigenvalue weighted by Crippen LogP contribution is -2.38. The molecule has 0 aromatic carbocycles. The number of hydrogen-bond donors (Lipinski definition) is 0. The average molecular weight is 300 g/mol. The Hall–Kier alpha value is -0.850. The molecule has 6 heteroatoms. The molecular weight excluding hydrogens is 276 g/mol. The van der Waals surface area contributed by atoms with E-state index < -0.39 is 10.0 Å². The minimum Gasteiger partial charge on any atom is -0.447 e. The molecule has 20 heavy (non-hydrogen) atoms. The van der Waals surface area contributed by atoms with E-state index in [4.69, 9.17) is 4.42 Å². The second-order valence-electron chi connectivity index (χ2n) is 6.15. The zero-order chi connectivity index (χ0) is 14.9. The number of rotatable bonds is 4. The summed E-state index contributed by atoms with van der Waals surface area (Å²) in [6.07, 6.45) is 1.26. The predicted molar refractivity (Wildman–Crippen MR) is 77.8 cm³/mol. The first kappa shape index (κ1) is 15.5. The van der Waals surface area contributed by atoms with Gasteiger partial charge in [-0.05, 0) is 30.4 Å². The van der Waals surface area contributed by atoms with Gasteiger partial charge in [-0.25, -0.2) is 12.7 Å². The van der Waals surface area contributed by atoms with Crippen LogP contribution in [0.1, 0.15) is 26.0 Å². The molecule has 1 aromatic heterocycles. The van der Waals surface area contributed by atoms with E-state index in [0.717, 1.165) is 13.1 Å². The quantitative estimate of drug-likeness (QED) is 0.853. The van der Waals surface area contributed by atoms with Crippen LogP contribution >= 0.6 is 0 Å². The van der Waals surface area contributed by atoms with Crippen molar-refractivity contribution in [3.8, 4) is 0 Å². The van der Waals surface area contributed by atoms with Gasteiger partial charge in [0, 0.05) is 27.2 Å². The largest absolute Gasteiger partial charge is 0.447 e. The van der Waals surface area contributed by atoms with Gasteiger partial charge in [-0.15, -0.1) is 0 Å². The third-order valence-corrected chi connectivity index (χ3v) is 5.39. The number of sulfonamides is 1. The van der Waals surface area contributed by atoms with Crippen LogP contribution in [0.15, 0.2) is 21.6 Å². The summed E-state index contributed by atoms with van der Waals surface area (Å²) < 4.78 is 30.6. The number of nitrogens with zero attached hydrogens (tertiary/aromatic N) is 2. The first-order valence-corrected chi connectivity index (χ1v) is 8.46. The molecule has 0 N–H and O–H groups in total. The molecule has 0 bridgehead atoms. The maximum atomic E-state index is 12.0. The molecule has 1 aliphatic rings. The summed E-state index contributed by atoms with van der Waals surface area (Å²) in [4.78, 5) is 2.34. The van der Waals surface area contributed by atoms with Crippen LogP contribution in [0.25, 0.3) is 0 Å². The highest BCUT2D eigenvalue weighted by Gasteiger charge is 2.25. The fourth-order valence-electron chi connectivity index (χ4n) is 2.90. The Kier molecular flexibility index (Phi) is 4.56. The van der Waals surface area contributed by atoms with Crippen molar-refractivity contribution in [2.24, 2.45) is 11.8 Å². The van der Waals surface area contributed by atoms with E-state index in [1.165, 1.54) is 24.8 Å². The van der Waals surface area contributed by atoms with E-state index in [-0.39, 0.29) is 5.09 Å². The van der Waals surface area contributed by atoms with Gasteiger partial charge in [0.2, 0.25) is 5.09 Å². The third-order valence-electron chi connectivity index (χ3n) is 3.70. The van der Waals surface area contributed by atoms with Gasteiger partial charge in [0.15, 0.2) is 0 Å². The second kappa shape index (κ2) is 5.87. The molecule has 114 valence electrons. The molecule has 0 saturated carbocycles. The van der Waals surface area contributed by atoms with Gasteiger partial charge in [0.1, 0.15) is 5.76 Å². The van der Waals surface area contributed by atoms with Crippen molar-refractivity contribution in [2.75, 3.05) is 27.2 Å². The number of furan rings is 1. The van der Waals surface area contributed by atoms with E-state index in [0.29, 0.717) is 24.1 Å². The molecule has 2 rings (SSSR count). The van der Waals surface area contributed by atoms with Crippen LogP contribution in [-0.4, -0.2) is 44.8 Å². The van der Waals surface area contributed by atoms with E-state index in [9.17, 15) is 8.42 Å². The van der Waals surface area contributed by atoms with Gasteiger partial charge >= 0.3 is 0 Å². The Balaban J connectivity index is 2.07. The molecule has 0 unspecified atom stereocenters. The summed E-state index contributed by atoms with van der Waals surface area (Å²) in [5.41, 5.74) is 0. The fourth-order valence-corrected chi connectivity index (χ4v) is 3.72. The zero-order valence-corrected chi connectivity index (χ0v) is 13.5. The van der Waals surface area contributed by atoms with Crippen LogP contribution in [0.3, 0.4) is 0 Å². The third kappa shape index (κ3) is 3.42. The maximum Gasteiger partial charge on any atom is 0.275 e. The SMILES string of the molecule is C[C@@H]1C[C@@H](C)CN(Cc2ccc(S(=O)(=O)N(C)C)o2)C1. The van der Waals surface area contributed by atoms with Crippen molar-refractivity contribution >= 4 is 10.0 Å².